The van der Waals surface area contributed by atoms with E-state index in [9.17, 15) is 13.2 Å². The molecular weight excluding hydrogens is 416 g/mol. The second-order valence-corrected chi connectivity index (χ2v) is 8.58. The fourth-order valence-electron chi connectivity index (χ4n) is 2.81. The third-order valence-electron chi connectivity index (χ3n) is 4.70. The highest BCUT2D eigenvalue weighted by Crippen LogP contribution is 2.22. The van der Waals surface area contributed by atoms with E-state index in [4.69, 9.17) is 9.47 Å². The van der Waals surface area contributed by atoms with Gasteiger partial charge in [0.05, 0.1) is 12.0 Å². The molecular formula is C23H24N2O5S. The second-order valence-electron chi connectivity index (χ2n) is 6.89. The van der Waals surface area contributed by atoms with Crippen molar-refractivity contribution in [3.05, 3.63) is 77.9 Å². The van der Waals surface area contributed by atoms with Crippen molar-refractivity contribution in [1.29, 1.82) is 0 Å². The lowest BCUT2D eigenvalue weighted by Crippen LogP contribution is -2.20. The van der Waals surface area contributed by atoms with Crippen LogP contribution >= 0.6 is 0 Å². The molecule has 0 saturated carbocycles. The largest absolute Gasteiger partial charge is 0.497 e. The first-order valence-electron chi connectivity index (χ1n) is 9.54. The van der Waals surface area contributed by atoms with E-state index >= 15 is 0 Å². The van der Waals surface area contributed by atoms with E-state index in [2.05, 4.69) is 10.0 Å². The molecule has 0 saturated heterocycles. The van der Waals surface area contributed by atoms with E-state index in [0.29, 0.717) is 22.9 Å². The van der Waals surface area contributed by atoms with Gasteiger partial charge in [0.2, 0.25) is 0 Å². The van der Waals surface area contributed by atoms with Crippen LogP contribution in [-0.4, -0.2) is 28.0 Å². The average molecular weight is 441 g/mol. The molecule has 2 N–H and O–H groups in total. The van der Waals surface area contributed by atoms with Crippen molar-refractivity contribution in [1.82, 2.24) is 0 Å². The zero-order valence-corrected chi connectivity index (χ0v) is 18.3. The monoisotopic (exact) mass is 440 g/mol. The van der Waals surface area contributed by atoms with E-state index in [-0.39, 0.29) is 17.4 Å². The van der Waals surface area contributed by atoms with Crippen LogP contribution in [0.25, 0.3) is 0 Å². The Hall–Kier alpha value is -3.52. The number of aryl methyl sites for hydroxylation is 1. The molecule has 0 radical (unpaired) electrons. The molecule has 0 aromatic heterocycles. The summed E-state index contributed by atoms with van der Waals surface area (Å²) in [5, 5.41) is 2.69. The molecule has 7 nitrogen and oxygen atoms in total. The van der Waals surface area contributed by atoms with Gasteiger partial charge in [-0.1, -0.05) is 12.1 Å². The molecule has 0 heterocycles. The minimum atomic E-state index is -3.76. The molecule has 0 bridgehead atoms. The third kappa shape index (κ3) is 5.76. The summed E-state index contributed by atoms with van der Waals surface area (Å²) in [4.78, 5) is 12.3. The van der Waals surface area contributed by atoms with E-state index in [0.717, 1.165) is 11.1 Å². The molecule has 1 amide bonds. The number of nitrogens with one attached hydrogen (secondary N) is 2. The lowest BCUT2D eigenvalue weighted by Gasteiger charge is -2.12. The minimum absolute atomic E-state index is 0.0768. The number of rotatable bonds is 8. The number of sulfonamides is 1. The Bertz CT molecular complexity index is 1160. The first-order chi connectivity index (χ1) is 14.8. The first-order valence-corrected chi connectivity index (χ1v) is 11.0. The van der Waals surface area contributed by atoms with Gasteiger partial charge in [0.25, 0.3) is 15.9 Å². The maximum atomic E-state index is 12.6. The number of hydrogen-bond acceptors (Lipinski definition) is 5. The Balaban J connectivity index is 1.59. The summed E-state index contributed by atoms with van der Waals surface area (Å²) in [6.07, 6.45) is 0. The Morgan fingerprint density at radius 3 is 2.19 bits per heavy atom. The molecule has 0 unspecified atom stereocenters. The van der Waals surface area contributed by atoms with Crippen LogP contribution < -0.4 is 19.5 Å². The highest BCUT2D eigenvalue weighted by molar-refractivity contribution is 7.92. The molecule has 0 atom stereocenters. The van der Waals surface area contributed by atoms with Gasteiger partial charge < -0.3 is 14.8 Å². The van der Waals surface area contributed by atoms with Crippen molar-refractivity contribution in [2.24, 2.45) is 0 Å². The van der Waals surface area contributed by atoms with Gasteiger partial charge in [-0.05, 0) is 79.6 Å². The molecule has 3 rings (SSSR count). The van der Waals surface area contributed by atoms with Crippen LogP contribution in [0, 0.1) is 13.8 Å². The topological polar surface area (TPSA) is 93.7 Å². The van der Waals surface area contributed by atoms with Crippen LogP contribution in [0.5, 0.6) is 11.5 Å². The number of carbonyl (C=O) groups is 1. The van der Waals surface area contributed by atoms with Gasteiger partial charge in [0.1, 0.15) is 11.5 Å². The molecule has 0 aliphatic rings. The maximum Gasteiger partial charge on any atom is 0.262 e. The van der Waals surface area contributed by atoms with Crippen LogP contribution in [0.15, 0.2) is 71.6 Å². The molecule has 0 aliphatic carbocycles. The van der Waals surface area contributed by atoms with Crippen LogP contribution in [0.2, 0.25) is 0 Å². The van der Waals surface area contributed by atoms with Crippen molar-refractivity contribution in [3.8, 4) is 11.5 Å². The summed E-state index contributed by atoms with van der Waals surface area (Å²) in [6, 6.07) is 18.1. The molecule has 3 aromatic rings. The smallest absolute Gasteiger partial charge is 0.262 e. The number of anilines is 2. The van der Waals surface area contributed by atoms with Gasteiger partial charge >= 0.3 is 0 Å². The summed E-state index contributed by atoms with van der Waals surface area (Å²) in [6.45, 7) is 3.76. The minimum Gasteiger partial charge on any atom is -0.497 e. The number of ether oxygens (including phenoxy) is 2. The zero-order valence-electron chi connectivity index (χ0n) is 17.5. The van der Waals surface area contributed by atoms with Gasteiger partial charge in [-0.3, -0.25) is 9.52 Å². The highest BCUT2D eigenvalue weighted by atomic mass is 32.2. The molecule has 31 heavy (non-hydrogen) atoms. The van der Waals surface area contributed by atoms with Crippen LogP contribution in [0.1, 0.15) is 11.1 Å². The highest BCUT2D eigenvalue weighted by Gasteiger charge is 2.15. The standard InChI is InChI=1S/C23H24N2O5S/c1-16-5-4-6-22(17(16)2)30-15-23(26)24-18-9-13-21(14-10-18)31(27,28)25-19-7-11-20(29-3)12-8-19/h4-14,25H,15H2,1-3H3,(H,24,26). The quantitative estimate of drug-likeness (QED) is 0.549. The van der Waals surface area contributed by atoms with E-state index in [1.165, 1.54) is 31.4 Å². The van der Waals surface area contributed by atoms with Crippen molar-refractivity contribution in [2.75, 3.05) is 23.8 Å². The zero-order chi connectivity index (χ0) is 22.4. The summed E-state index contributed by atoms with van der Waals surface area (Å²) >= 11 is 0. The number of hydrogen-bond donors (Lipinski definition) is 2. The molecule has 0 spiro atoms. The van der Waals surface area contributed by atoms with Crippen molar-refractivity contribution < 1.29 is 22.7 Å². The SMILES string of the molecule is COc1ccc(NS(=O)(=O)c2ccc(NC(=O)COc3cccc(C)c3C)cc2)cc1. The van der Waals surface area contributed by atoms with Gasteiger partial charge in [-0.2, -0.15) is 0 Å². The van der Waals surface area contributed by atoms with Crippen molar-refractivity contribution in [2.45, 2.75) is 18.7 Å². The lowest BCUT2D eigenvalue weighted by atomic mass is 10.1. The number of carbonyl (C=O) groups excluding carboxylic acids is 1. The molecule has 162 valence electrons. The molecule has 3 aromatic carbocycles. The number of methoxy groups -OCH3 is 1. The fourth-order valence-corrected chi connectivity index (χ4v) is 3.87. The molecule has 8 heteroatoms. The lowest BCUT2D eigenvalue weighted by molar-refractivity contribution is -0.118. The third-order valence-corrected chi connectivity index (χ3v) is 6.10. The summed E-state index contributed by atoms with van der Waals surface area (Å²) in [7, 11) is -2.22. The van der Waals surface area contributed by atoms with Gasteiger partial charge in [-0.15, -0.1) is 0 Å². The normalized spacial score (nSPS) is 10.9. The predicted molar refractivity (Wildman–Crippen MR) is 120 cm³/mol. The average Bonchev–Trinajstić information content (AvgIpc) is 2.75. The Morgan fingerprint density at radius 1 is 0.903 bits per heavy atom. The Labute approximate surface area is 182 Å². The first kappa shape index (κ1) is 22.2. The molecule has 0 aliphatic heterocycles. The van der Waals surface area contributed by atoms with E-state index < -0.39 is 10.0 Å². The van der Waals surface area contributed by atoms with Crippen molar-refractivity contribution in [3.63, 3.8) is 0 Å². The number of amides is 1. The van der Waals surface area contributed by atoms with Gasteiger partial charge in [0.15, 0.2) is 6.61 Å². The second kappa shape index (κ2) is 9.53. The fraction of sp³-hybridized carbons (Fsp3) is 0.174. The molecule has 0 fully saturated rings. The van der Waals surface area contributed by atoms with Gasteiger partial charge in [-0.25, -0.2) is 8.42 Å². The predicted octanol–water partition coefficient (Wildman–Crippen LogP) is 4.13. The van der Waals surface area contributed by atoms with Crippen LogP contribution in [-0.2, 0) is 14.8 Å². The number of benzene rings is 3. The van der Waals surface area contributed by atoms with E-state index in [1.807, 2.05) is 32.0 Å². The van der Waals surface area contributed by atoms with Crippen LogP contribution in [0.3, 0.4) is 0 Å². The van der Waals surface area contributed by atoms with Crippen LogP contribution in [0.4, 0.5) is 11.4 Å². The van der Waals surface area contributed by atoms with Crippen molar-refractivity contribution >= 4 is 27.3 Å². The Morgan fingerprint density at radius 2 is 1.55 bits per heavy atom. The van der Waals surface area contributed by atoms with E-state index in [1.54, 1.807) is 24.3 Å². The van der Waals surface area contributed by atoms with Gasteiger partial charge in [0, 0.05) is 11.4 Å². The Kier molecular flexibility index (Phi) is 6.81. The summed E-state index contributed by atoms with van der Waals surface area (Å²) < 4.78 is 38.3. The maximum absolute atomic E-state index is 12.6. The summed E-state index contributed by atoms with van der Waals surface area (Å²) in [5.41, 5.74) is 2.95. The summed E-state index contributed by atoms with van der Waals surface area (Å²) in [5.74, 6) is 0.943.